The molecular weight excluding hydrogens is 324 g/mol. The van der Waals surface area contributed by atoms with Crippen LogP contribution in [-0.2, 0) is 5.41 Å². The maximum absolute atomic E-state index is 5.46. The third-order valence-corrected chi connectivity index (χ3v) is 7.08. The van der Waals surface area contributed by atoms with Crippen LogP contribution in [0.25, 0.3) is 0 Å². The number of aromatic amines is 1. The number of hydrogen-bond donors (Lipinski definition) is 1. The van der Waals surface area contributed by atoms with Crippen molar-refractivity contribution in [2.75, 3.05) is 0 Å². The van der Waals surface area contributed by atoms with Gasteiger partial charge in [0.05, 0.1) is 6.21 Å². The highest BCUT2D eigenvalue weighted by Gasteiger charge is 2.53. The Morgan fingerprint density at radius 2 is 1.96 bits per heavy atom. The number of nitrogens with one attached hydrogen (secondary N) is 1. The summed E-state index contributed by atoms with van der Waals surface area (Å²) in [5.74, 6) is 3.75. The van der Waals surface area contributed by atoms with Gasteiger partial charge in [0, 0.05) is 10.3 Å². The van der Waals surface area contributed by atoms with Crippen LogP contribution in [0.5, 0.6) is 0 Å². The van der Waals surface area contributed by atoms with Crippen LogP contribution < -0.4 is 0 Å². The topological polar surface area (TPSA) is 46.0 Å². The second-order valence-electron chi connectivity index (χ2n) is 7.62. The lowest BCUT2D eigenvalue weighted by atomic mass is 9.49. The molecule has 0 aliphatic heterocycles. The van der Waals surface area contributed by atoms with Gasteiger partial charge in [-0.05, 0) is 79.9 Å². The molecule has 2 heterocycles. The van der Waals surface area contributed by atoms with Crippen LogP contribution in [0.15, 0.2) is 22.6 Å². The molecule has 4 bridgehead atoms. The van der Waals surface area contributed by atoms with E-state index in [9.17, 15) is 0 Å². The molecule has 1 N–H and O–H groups in total. The van der Waals surface area contributed by atoms with E-state index in [1.54, 1.807) is 11.3 Å². The van der Waals surface area contributed by atoms with Gasteiger partial charge in [-0.15, -0.1) is 11.3 Å². The first kappa shape index (κ1) is 14.1. The van der Waals surface area contributed by atoms with Crippen molar-refractivity contribution >= 4 is 29.8 Å². The fraction of sp³-hybridized carbons (Fsp3) is 0.588. The first-order chi connectivity index (χ1) is 11.2. The summed E-state index contributed by atoms with van der Waals surface area (Å²) in [7, 11) is 0. The monoisotopic (exact) mass is 344 g/mol. The normalized spacial score (nSPS) is 35.4. The molecule has 4 nitrogen and oxygen atoms in total. The zero-order valence-corrected chi connectivity index (χ0v) is 14.6. The maximum Gasteiger partial charge on any atom is 0.216 e. The molecule has 120 valence electrons. The molecule has 0 aromatic carbocycles. The molecule has 23 heavy (non-hydrogen) atoms. The Kier molecular flexibility index (Phi) is 3.14. The van der Waals surface area contributed by atoms with Crippen molar-refractivity contribution in [3.63, 3.8) is 0 Å². The van der Waals surface area contributed by atoms with Crippen molar-refractivity contribution in [3.8, 4) is 0 Å². The van der Waals surface area contributed by atoms with E-state index in [0.717, 1.165) is 28.5 Å². The second kappa shape index (κ2) is 5.11. The van der Waals surface area contributed by atoms with Gasteiger partial charge in [0.1, 0.15) is 0 Å². The van der Waals surface area contributed by atoms with Gasteiger partial charge in [-0.2, -0.15) is 14.9 Å². The number of nitrogens with zero attached hydrogens (tertiary/aromatic N) is 3. The standard InChI is InChI=1S/C17H20N4S2/c22-16-20-19-15(21(16)18-10-14-2-1-3-23-14)17-7-11-4-12(8-17)6-13(5-11)9-17/h1-3,10-13H,4-9H2,(H,20,22)/b18-10-. The first-order valence-electron chi connectivity index (χ1n) is 8.48. The van der Waals surface area contributed by atoms with Crippen LogP contribution >= 0.6 is 23.6 Å². The zero-order chi connectivity index (χ0) is 15.4. The maximum atomic E-state index is 5.46. The summed E-state index contributed by atoms with van der Waals surface area (Å²) >= 11 is 7.15. The molecule has 4 fully saturated rings. The summed E-state index contributed by atoms with van der Waals surface area (Å²) in [5.41, 5.74) is 0.203. The van der Waals surface area contributed by atoms with Crippen LogP contribution in [0.1, 0.15) is 49.2 Å². The van der Waals surface area contributed by atoms with E-state index in [1.807, 2.05) is 17.0 Å². The quantitative estimate of drug-likeness (QED) is 0.664. The first-order valence-corrected chi connectivity index (χ1v) is 9.76. The van der Waals surface area contributed by atoms with Gasteiger partial charge in [0.25, 0.3) is 0 Å². The van der Waals surface area contributed by atoms with Gasteiger partial charge >= 0.3 is 0 Å². The highest BCUT2D eigenvalue weighted by Crippen LogP contribution is 2.60. The van der Waals surface area contributed by atoms with Crippen LogP contribution in [0.2, 0.25) is 0 Å². The molecule has 6 heteroatoms. The van der Waals surface area contributed by atoms with E-state index in [0.29, 0.717) is 4.77 Å². The summed E-state index contributed by atoms with van der Waals surface area (Å²) in [6.45, 7) is 0. The third-order valence-electron chi connectivity index (χ3n) is 6.01. The van der Waals surface area contributed by atoms with E-state index in [4.69, 9.17) is 12.2 Å². The largest absolute Gasteiger partial charge is 0.250 e. The molecule has 0 amide bonds. The van der Waals surface area contributed by atoms with E-state index >= 15 is 0 Å². The predicted octanol–water partition coefficient (Wildman–Crippen LogP) is 4.35. The van der Waals surface area contributed by atoms with Crippen LogP contribution in [0.4, 0.5) is 0 Å². The summed E-state index contributed by atoms with van der Waals surface area (Å²) < 4.78 is 2.51. The number of thiophene rings is 1. The minimum absolute atomic E-state index is 0.203. The smallest absolute Gasteiger partial charge is 0.216 e. The van der Waals surface area contributed by atoms with Crippen molar-refractivity contribution in [1.82, 2.24) is 14.9 Å². The lowest BCUT2D eigenvalue weighted by Crippen LogP contribution is -2.49. The minimum atomic E-state index is 0.203. The Morgan fingerprint density at radius 3 is 2.57 bits per heavy atom. The fourth-order valence-electron chi connectivity index (χ4n) is 5.61. The average molecular weight is 345 g/mol. The lowest BCUT2D eigenvalue weighted by Gasteiger charge is -2.55. The van der Waals surface area contributed by atoms with Gasteiger partial charge in [-0.25, -0.2) is 0 Å². The molecule has 2 aromatic rings. The van der Waals surface area contributed by atoms with Crippen molar-refractivity contribution in [3.05, 3.63) is 33.0 Å². The Hall–Kier alpha value is -1.27. The van der Waals surface area contributed by atoms with Gasteiger partial charge in [-0.1, -0.05) is 6.07 Å². The van der Waals surface area contributed by atoms with E-state index in [1.165, 1.54) is 38.5 Å². The molecule has 4 saturated carbocycles. The molecule has 6 rings (SSSR count). The van der Waals surface area contributed by atoms with Crippen LogP contribution in [-0.4, -0.2) is 21.1 Å². The van der Waals surface area contributed by atoms with Crippen molar-refractivity contribution in [1.29, 1.82) is 0 Å². The molecule has 0 atom stereocenters. The Bertz CT molecular complexity index is 764. The summed E-state index contributed by atoms with van der Waals surface area (Å²) in [6, 6.07) is 4.11. The third kappa shape index (κ3) is 2.26. The number of H-pyrrole nitrogens is 1. The second-order valence-corrected chi connectivity index (χ2v) is 8.99. The fourth-order valence-corrected chi connectivity index (χ4v) is 6.36. The molecule has 0 saturated heterocycles. The summed E-state index contributed by atoms with van der Waals surface area (Å²) in [5, 5.41) is 14.4. The molecule has 0 unspecified atom stereocenters. The van der Waals surface area contributed by atoms with Crippen molar-refractivity contribution < 1.29 is 0 Å². The molecule has 0 spiro atoms. The van der Waals surface area contributed by atoms with Crippen molar-refractivity contribution in [2.24, 2.45) is 22.9 Å². The van der Waals surface area contributed by atoms with Crippen LogP contribution in [0, 0.1) is 22.5 Å². The van der Waals surface area contributed by atoms with E-state index < -0.39 is 0 Å². The van der Waals surface area contributed by atoms with E-state index in [-0.39, 0.29) is 5.41 Å². The SMILES string of the molecule is S=c1[nH]nc(C23CC4CC(CC(C4)C2)C3)n1/N=C\c1cccs1. The minimum Gasteiger partial charge on any atom is -0.250 e. The Labute approximate surface area is 144 Å². The van der Waals surface area contributed by atoms with Gasteiger partial charge in [0.15, 0.2) is 5.82 Å². The van der Waals surface area contributed by atoms with Gasteiger partial charge < -0.3 is 0 Å². The lowest BCUT2D eigenvalue weighted by molar-refractivity contribution is -0.0109. The average Bonchev–Trinajstić information content (AvgIpc) is 3.13. The van der Waals surface area contributed by atoms with Gasteiger partial charge in [0.2, 0.25) is 4.77 Å². The predicted molar refractivity (Wildman–Crippen MR) is 94.6 cm³/mol. The number of hydrogen-bond acceptors (Lipinski definition) is 4. The van der Waals surface area contributed by atoms with Crippen LogP contribution in [0.3, 0.4) is 0 Å². The molecular formula is C17H20N4S2. The molecule has 0 radical (unpaired) electrons. The number of aromatic nitrogens is 3. The molecule has 4 aliphatic rings. The zero-order valence-electron chi connectivity index (χ0n) is 12.9. The Morgan fingerprint density at radius 1 is 1.26 bits per heavy atom. The number of rotatable bonds is 3. The highest BCUT2D eigenvalue weighted by molar-refractivity contribution is 7.71. The summed E-state index contributed by atoms with van der Waals surface area (Å²) in [4.78, 5) is 1.14. The Balaban J connectivity index is 1.55. The molecule has 4 aliphatic carbocycles. The van der Waals surface area contributed by atoms with E-state index in [2.05, 4.69) is 26.7 Å². The van der Waals surface area contributed by atoms with Gasteiger partial charge in [-0.3, -0.25) is 5.10 Å². The summed E-state index contributed by atoms with van der Waals surface area (Å²) in [6.07, 6.45) is 10.0. The van der Waals surface area contributed by atoms with Crippen molar-refractivity contribution in [2.45, 2.75) is 43.9 Å². The highest BCUT2D eigenvalue weighted by atomic mass is 32.1. The molecule has 2 aromatic heterocycles.